The number of aromatic nitrogens is 1. The van der Waals surface area contributed by atoms with E-state index in [-0.39, 0.29) is 0 Å². The van der Waals surface area contributed by atoms with Crippen molar-refractivity contribution in [3.05, 3.63) is 16.1 Å². The van der Waals surface area contributed by atoms with E-state index in [9.17, 15) is 0 Å². The lowest BCUT2D eigenvalue weighted by atomic mass is 9.94. The molecule has 3 rings (SSSR count). The van der Waals surface area contributed by atoms with Crippen LogP contribution < -0.4 is 5.32 Å². The first-order chi connectivity index (χ1) is 9.31. The third-order valence-electron chi connectivity index (χ3n) is 4.47. The van der Waals surface area contributed by atoms with Gasteiger partial charge in [0, 0.05) is 30.1 Å². The average Bonchev–Trinajstić information content (AvgIpc) is 2.87. The van der Waals surface area contributed by atoms with Gasteiger partial charge in [-0.2, -0.15) is 0 Å². The molecule has 1 aromatic rings. The summed E-state index contributed by atoms with van der Waals surface area (Å²) in [6.45, 7) is 8.38. The van der Waals surface area contributed by atoms with E-state index in [2.05, 4.69) is 22.5 Å². The topological polar surface area (TPSA) is 28.2 Å². The minimum Gasteiger partial charge on any atom is -0.317 e. The van der Waals surface area contributed by atoms with Crippen LogP contribution in [0.25, 0.3) is 0 Å². The number of nitrogens with zero attached hydrogens (tertiary/aromatic N) is 2. The summed E-state index contributed by atoms with van der Waals surface area (Å²) < 4.78 is 0. The predicted octanol–water partition coefficient (Wildman–Crippen LogP) is 2.63. The van der Waals surface area contributed by atoms with Gasteiger partial charge in [0.25, 0.3) is 0 Å². The van der Waals surface area contributed by atoms with Gasteiger partial charge in [0.2, 0.25) is 0 Å². The molecule has 0 spiro atoms. The Labute approximate surface area is 120 Å². The molecule has 2 fully saturated rings. The molecule has 0 radical (unpaired) electrons. The van der Waals surface area contributed by atoms with Crippen molar-refractivity contribution in [1.82, 2.24) is 15.2 Å². The van der Waals surface area contributed by atoms with Crippen LogP contribution in [0.2, 0.25) is 0 Å². The predicted molar refractivity (Wildman–Crippen MR) is 80.9 cm³/mol. The van der Waals surface area contributed by atoms with Gasteiger partial charge in [-0.3, -0.25) is 0 Å². The van der Waals surface area contributed by atoms with Gasteiger partial charge in [-0.25, -0.2) is 4.98 Å². The van der Waals surface area contributed by atoms with Crippen LogP contribution in [-0.4, -0.2) is 42.6 Å². The summed E-state index contributed by atoms with van der Waals surface area (Å²) in [6, 6.07) is 0. The maximum Gasteiger partial charge on any atom is 0.0971 e. The zero-order valence-corrected chi connectivity index (χ0v) is 12.7. The second-order valence-electron chi connectivity index (χ2n) is 6.12. The van der Waals surface area contributed by atoms with Crippen LogP contribution in [0.1, 0.15) is 42.3 Å². The Morgan fingerprint density at radius 1 is 1.37 bits per heavy atom. The van der Waals surface area contributed by atoms with Crippen LogP contribution in [0.15, 0.2) is 5.38 Å². The average molecular weight is 279 g/mol. The highest BCUT2D eigenvalue weighted by Gasteiger charge is 2.25. The second-order valence-corrected chi connectivity index (χ2v) is 7.01. The van der Waals surface area contributed by atoms with E-state index in [0.29, 0.717) is 5.92 Å². The largest absolute Gasteiger partial charge is 0.317 e. The second kappa shape index (κ2) is 6.33. The van der Waals surface area contributed by atoms with E-state index in [1.165, 1.54) is 69.1 Å². The molecule has 2 saturated heterocycles. The van der Waals surface area contributed by atoms with Crippen molar-refractivity contribution in [3.8, 4) is 0 Å². The van der Waals surface area contributed by atoms with E-state index < -0.39 is 0 Å². The molecule has 1 aromatic heterocycles. The molecular formula is C15H25N3S. The molecule has 0 bridgehead atoms. The molecule has 1 atom stereocenters. The van der Waals surface area contributed by atoms with E-state index in [1.54, 1.807) is 0 Å². The van der Waals surface area contributed by atoms with Crippen LogP contribution in [0.5, 0.6) is 0 Å². The number of thiazole rings is 1. The Morgan fingerprint density at radius 3 is 2.95 bits per heavy atom. The molecule has 19 heavy (non-hydrogen) atoms. The van der Waals surface area contributed by atoms with E-state index >= 15 is 0 Å². The molecule has 2 aliphatic heterocycles. The monoisotopic (exact) mass is 279 g/mol. The summed E-state index contributed by atoms with van der Waals surface area (Å²) in [6.07, 6.45) is 5.39. The number of hydrogen-bond acceptors (Lipinski definition) is 4. The zero-order valence-electron chi connectivity index (χ0n) is 11.9. The van der Waals surface area contributed by atoms with Crippen LogP contribution in [-0.2, 0) is 0 Å². The van der Waals surface area contributed by atoms with E-state index in [1.807, 2.05) is 11.3 Å². The third-order valence-corrected chi connectivity index (χ3v) is 5.59. The van der Waals surface area contributed by atoms with Crippen molar-refractivity contribution in [2.45, 2.75) is 38.5 Å². The molecule has 0 aromatic carbocycles. The zero-order chi connectivity index (χ0) is 13.1. The van der Waals surface area contributed by atoms with E-state index in [0.717, 1.165) is 5.92 Å². The molecular weight excluding hydrogens is 254 g/mol. The molecule has 0 amide bonds. The number of likely N-dealkylation sites (tertiary alicyclic amines) is 1. The van der Waals surface area contributed by atoms with Crippen LogP contribution in [0.3, 0.4) is 0 Å². The van der Waals surface area contributed by atoms with E-state index in [4.69, 9.17) is 4.98 Å². The fraction of sp³-hybridized carbons (Fsp3) is 0.800. The minimum atomic E-state index is 0.689. The number of aryl methyl sites for hydroxylation is 1. The first kappa shape index (κ1) is 13.5. The van der Waals surface area contributed by atoms with Gasteiger partial charge in [-0.05, 0) is 58.2 Å². The molecule has 4 heteroatoms. The number of rotatable bonds is 3. The Balaban J connectivity index is 1.55. The number of hydrogen-bond donors (Lipinski definition) is 1. The molecule has 1 unspecified atom stereocenters. The van der Waals surface area contributed by atoms with Gasteiger partial charge in [0.1, 0.15) is 0 Å². The highest BCUT2D eigenvalue weighted by atomic mass is 32.1. The highest BCUT2D eigenvalue weighted by molar-refractivity contribution is 7.09. The Morgan fingerprint density at radius 2 is 2.21 bits per heavy atom. The van der Waals surface area contributed by atoms with Crippen molar-refractivity contribution in [3.63, 3.8) is 0 Å². The molecule has 0 aliphatic carbocycles. The lowest BCUT2D eigenvalue weighted by molar-refractivity contribution is 0.163. The summed E-state index contributed by atoms with van der Waals surface area (Å²) in [7, 11) is 0. The Kier molecular flexibility index (Phi) is 4.51. The minimum absolute atomic E-state index is 0.689. The summed E-state index contributed by atoms with van der Waals surface area (Å²) >= 11 is 1.86. The first-order valence-corrected chi connectivity index (χ1v) is 8.54. The third kappa shape index (κ3) is 3.56. The lowest BCUT2D eigenvalue weighted by Gasteiger charge is -2.35. The number of nitrogens with one attached hydrogen (secondary N) is 1. The fourth-order valence-corrected chi connectivity index (χ4v) is 4.34. The number of piperidine rings is 2. The summed E-state index contributed by atoms with van der Waals surface area (Å²) in [5.74, 6) is 1.60. The molecule has 1 N–H and O–H groups in total. The van der Waals surface area contributed by atoms with Gasteiger partial charge >= 0.3 is 0 Å². The molecule has 106 valence electrons. The summed E-state index contributed by atoms with van der Waals surface area (Å²) in [4.78, 5) is 7.39. The van der Waals surface area contributed by atoms with Crippen molar-refractivity contribution < 1.29 is 0 Å². The van der Waals surface area contributed by atoms with Gasteiger partial charge in [-0.1, -0.05) is 0 Å². The fourth-order valence-electron chi connectivity index (χ4n) is 3.41. The van der Waals surface area contributed by atoms with Crippen molar-refractivity contribution in [2.24, 2.45) is 5.92 Å². The van der Waals surface area contributed by atoms with Gasteiger partial charge in [0.05, 0.1) is 5.01 Å². The smallest absolute Gasteiger partial charge is 0.0971 e. The molecule has 2 aliphatic rings. The van der Waals surface area contributed by atoms with Crippen LogP contribution >= 0.6 is 11.3 Å². The van der Waals surface area contributed by atoms with Crippen molar-refractivity contribution in [1.29, 1.82) is 0 Å². The standard InChI is InChI=1S/C15H25N3S/c1-12-11-19-15(17-12)14-3-2-8-18(10-14)9-13-4-6-16-7-5-13/h11,13-14,16H,2-10H2,1H3. The first-order valence-electron chi connectivity index (χ1n) is 7.66. The van der Waals surface area contributed by atoms with Gasteiger partial charge < -0.3 is 10.2 Å². The maximum atomic E-state index is 4.70. The summed E-state index contributed by atoms with van der Waals surface area (Å²) in [5, 5.41) is 7.03. The SMILES string of the molecule is Cc1csc(C2CCCN(CC3CCNCC3)C2)n1. The van der Waals surface area contributed by atoms with Gasteiger partial charge in [-0.15, -0.1) is 11.3 Å². The highest BCUT2D eigenvalue weighted by Crippen LogP contribution is 2.30. The van der Waals surface area contributed by atoms with Crippen molar-refractivity contribution in [2.75, 3.05) is 32.7 Å². The Hall–Kier alpha value is -0.450. The van der Waals surface area contributed by atoms with Crippen LogP contribution in [0.4, 0.5) is 0 Å². The molecule has 3 nitrogen and oxygen atoms in total. The molecule has 0 saturated carbocycles. The normalized spacial score (nSPS) is 26.7. The Bertz CT molecular complexity index is 398. The van der Waals surface area contributed by atoms with Gasteiger partial charge in [0.15, 0.2) is 0 Å². The quantitative estimate of drug-likeness (QED) is 0.922. The van der Waals surface area contributed by atoms with Crippen LogP contribution in [0, 0.1) is 12.8 Å². The molecule has 3 heterocycles. The summed E-state index contributed by atoms with van der Waals surface area (Å²) in [5.41, 5.74) is 1.19. The lowest BCUT2D eigenvalue weighted by Crippen LogP contribution is -2.40. The maximum absolute atomic E-state index is 4.70. The van der Waals surface area contributed by atoms with Crippen molar-refractivity contribution >= 4 is 11.3 Å².